The second kappa shape index (κ2) is 5.08. The summed E-state index contributed by atoms with van der Waals surface area (Å²) in [4.78, 5) is 4.51. The number of ether oxygens (including phenoxy) is 1. The Morgan fingerprint density at radius 1 is 1.39 bits per heavy atom. The number of benzene rings is 1. The Bertz CT molecular complexity index is 563. The van der Waals surface area contributed by atoms with E-state index < -0.39 is 0 Å². The third-order valence-electron chi connectivity index (χ3n) is 3.00. The number of methoxy groups -OCH3 is 1. The molecule has 0 saturated heterocycles. The van der Waals surface area contributed by atoms with E-state index in [9.17, 15) is 0 Å². The molecule has 0 bridgehead atoms. The molecule has 0 fully saturated rings. The number of nitrogens with zero attached hydrogens (tertiary/aromatic N) is 2. The predicted molar refractivity (Wildman–Crippen MR) is 75.4 cm³/mol. The second-order valence-corrected chi connectivity index (χ2v) is 5.55. The van der Waals surface area contributed by atoms with Gasteiger partial charge in [0, 0.05) is 12.1 Å². The molecule has 0 N–H and O–H groups in total. The number of hydrogen-bond donors (Lipinski definition) is 0. The van der Waals surface area contributed by atoms with Crippen LogP contribution in [0.15, 0.2) is 18.2 Å². The van der Waals surface area contributed by atoms with Crippen LogP contribution in [0.2, 0.25) is 5.02 Å². The maximum atomic E-state index is 6.04. The summed E-state index contributed by atoms with van der Waals surface area (Å²) in [7, 11) is 1.70. The molecule has 0 radical (unpaired) electrons. The lowest BCUT2D eigenvalue weighted by molar-refractivity contribution is 0.00854. The van der Waals surface area contributed by atoms with E-state index in [2.05, 4.69) is 9.55 Å². The largest absolute Gasteiger partial charge is 0.377 e. The van der Waals surface area contributed by atoms with E-state index in [0.29, 0.717) is 17.4 Å². The van der Waals surface area contributed by atoms with Gasteiger partial charge in [-0.1, -0.05) is 11.6 Å². The number of imidazole rings is 1. The van der Waals surface area contributed by atoms with Crippen molar-refractivity contribution in [2.75, 3.05) is 7.11 Å². The molecule has 0 aliphatic carbocycles. The SMILES string of the molecule is COC(C)(C)Cn1c(CCl)nc2ccc(Cl)cc21. The first-order chi connectivity index (χ1) is 8.46. The van der Waals surface area contributed by atoms with Crippen LogP contribution in [-0.4, -0.2) is 22.3 Å². The number of aromatic nitrogens is 2. The molecule has 18 heavy (non-hydrogen) atoms. The second-order valence-electron chi connectivity index (χ2n) is 4.84. The number of alkyl halides is 1. The van der Waals surface area contributed by atoms with Gasteiger partial charge in [-0.3, -0.25) is 0 Å². The van der Waals surface area contributed by atoms with E-state index in [4.69, 9.17) is 27.9 Å². The van der Waals surface area contributed by atoms with E-state index in [1.54, 1.807) is 7.11 Å². The van der Waals surface area contributed by atoms with Crippen molar-refractivity contribution in [3.63, 3.8) is 0 Å². The maximum absolute atomic E-state index is 6.04. The summed E-state index contributed by atoms with van der Waals surface area (Å²) in [5, 5.41) is 0.694. The van der Waals surface area contributed by atoms with Crippen molar-refractivity contribution in [1.82, 2.24) is 9.55 Å². The fourth-order valence-electron chi connectivity index (χ4n) is 1.87. The van der Waals surface area contributed by atoms with Gasteiger partial charge in [0.2, 0.25) is 0 Å². The molecule has 2 rings (SSSR count). The average Bonchev–Trinajstić information content (AvgIpc) is 2.67. The van der Waals surface area contributed by atoms with E-state index >= 15 is 0 Å². The van der Waals surface area contributed by atoms with Gasteiger partial charge in [0.1, 0.15) is 5.82 Å². The zero-order chi connectivity index (χ0) is 13.3. The van der Waals surface area contributed by atoms with Crippen LogP contribution in [0.5, 0.6) is 0 Å². The Hall–Kier alpha value is -0.770. The molecule has 0 atom stereocenters. The monoisotopic (exact) mass is 286 g/mol. The van der Waals surface area contributed by atoms with Crippen LogP contribution in [0.1, 0.15) is 19.7 Å². The molecule has 1 heterocycles. The van der Waals surface area contributed by atoms with Gasteiger partial charge in [-0.25, -0.2) is 4.98 Å². The molecular weight excluding hydrogens is 271 g/mol. The molecular formula is C13H16Cl2N2O. The molecule has 3 nitrogen and oxygen atoms in total. The molecule has 1 aromatic heterocycles. The van der Waals surface area contributed by atoms with Crippen LogP contribution in [0.4, 0.5) is 0 Å². The summed E-state index contributed by atoms with van der Waals surface area (Å²) >= 11 is 12.0. The van der Waals surface area contributed by atoms with Gasteiger partial charge < -0.3 is 9.30 Å². The van der Waals surface area contributed by atoms with Crippen LogP contribution in [0, 0.1) is 0 Å². The van der Waals surface area contributed by atoms with Crippen molar-refractivity contribution in [3.8, 4) is 0 Å². The topological polar surface area (TPSA) is 27.1 Å². The number of hydrogen-bond acceptors (Lipinski definition) is 2. The smallest absolute Gasteiger partial charge is 0.124 e. The van der Waals surface area contributed by atoms with Crippen LogP contribution in [0.25, 0.3) is 11.0 Å². The lowest BCUT2D eigenvalue weighted by Crippen LogP contribution is -2.29. The van der Waals surface area contributed by atoms with Crippen LogP contribution in [0.3, 0.4) is 0 Å². The van der Waals surface area contributed by atoms with Gasteiger partial charge in [0.25, 0.3) is 0 Å². The molecule has 2 aromatic rings. The maximum Gasteiger partial charge on any atom is 0.124 e. The summed E-state index contributed by atoms with van der Waals surface area (Å²) < 4.78 is 7.53. The standard InChI is InChI=1S/C13H16Cl2N2O/c1-13(2,18-3)8-17-11-6-9(15)4-5-10(11)16-12(17)7-14/h4-6H,7-8H2,1-3H3. The Morgan fingerprint density at radius 3 is 2.72 bits per heavy atom. The third kappa shape index (κ3) is 2.63. The quantitative estimate of drug-likeness (QED) is 0.798. The molecule has 5 heteroatoms. The average molecular weight is 287 g/mol. The summed E-state index contributed by atoms with van der Waals surface area (Å²) in [6.07, 6.45) is 0. The summed E-state index contributed by atoms with van der Waals surface area (Å²) in [6.45, 7) is 4.74. The van der Waals surface area contributed by atoms with Crippen molar-refractivity contribution in [2.45, 2.75) is 31.9 Å². The molecule has 0 saturated carbocycles. The highest BCUT2D eigenvalue weighted by molar-refractivity contribution is 6.31. The molecule has 0 amide bonds. The van der Waals surface area contributed by atoms with Crippen LogP contribution in [-0.2, 0) is 17.2 Å². The Morgan fingerprint density at radius 2 is 2.11 bits per heavy atom. The van der Waals surface area contributed by atoms with E-state index in [0.717, 1.165) is 16.9 Å². The lowest BCUT2D eigenvalue weighted by atomic mass is 10.1. The summed E-state index contributed by atoms with van der Waals surface area (Å²) in [6, 6.07) is 5.65. The molecule has 98 valence electrons. The van der Waals surface area contributed by atoms with Gasteiger partial charge in [0.05, 0.1) is 29.1 Å². The molecule has 0 aliphatic heterocycles. The Balaban J connectivity index is 2.55. The first-order valence-corrected chi connectivity index (χ1v) is 6.64. The lowest BCUT2D eigenvalue weighted by Gasteiger charge is -2.24. The van der Waals surface area contributed by atoms with E-state index in [1.165, 1.54) is 0 Å². The first-order valence-electron chi connectivity index (χ1n) is 5.72. The minimum atomic E-state index is -0.281. The Kier molecular flexibility index (Phi) is 3.85. The van der Waals surface area contributed by atoms with Crippen molar-refractivity contribution >= 4 is 34.2 Å². The molecule has 0 unspecified atom stereocenters. The fourth-order valence-corrected chi connectivity index (χ4v) is 2.24. The normalized spacial score (nSPS) is 12.3. The zero-order valence-corrected chi connectivity index (χ0v) is 12.2. The van der Waals surface area contributed by atoms with Crippen molar-refractivity contribution in [3.05, 3.63) is 29.0 Å². The van der Waals surface area contributed by atoms with Gasteiger partial charge in [-0.05, 0) is 32.0 Å². The molecule has 1 aromatic carbocycles. The van der Waals surface area contributed by atoms with E-state index in [1.807, 2.05) is 32.0 Å². The van der Waals surface area contributed by atoms with Crippen molar-refractivity contribution < 1.29 is 4.74 Å². The van der Waals surface area contributed by atoms with Gasteiger partial charge >= 0.3 is 0 Å². The highest BCUT2D eigenvalue weighted by Gasteiger charge is 2.21. The van der Waals surface area contributed by atoms with Gasteiger partial charge in [0.15, 0.2) is 0 Å². The van der Waals surface area contributed by atoms with Crippen LogP contribution >= 0.6 is 23.2 Å². The fraction of sp³-hybridized carbons (Fsp3) is 0.462. The van der Waals surface area contributed by atoms with Crippen molar-refractivity contribution in [2.24, 2.45) is 0 Å². The zero-order valence-electron chi connectivity index (χ0n) is 10.7. The van der Waals surface area contributed by atoms with Crippen molar-refractivity contribution in [1.29, 1.82) is 0 Å². The number of fused-ring (bicyclic) bond motifs is 1. The third-order valence-corrected chi connectivity index (χ3v) is 3.47. The number of rotatable bonds is 4. The number of halogens is 2. The van der Waals surface area contributed by atoms with Gasteiger partial charge in [-0.2, -0.15) is 0 Å². The Labute approximate surface area is 117 Å². The highest BCUT2D eigenvalue weighted by atomic mass is 35.5. The molecule has 0 spiro atoms. The minimum absolute atomic E-state index is 0.281. The van der Waals surface area contributed by atoms with Gasteiger partial charge in [-0.15, -0.1) is 11.6 Å². The highest BCUT2D eigenvalue weighted by Crippen LogP contribution is 2.24. The predicted octanol–water partition coefficient (Wildman–Crippen LogP) is 3.85. The van der Waals surface area contributed by atoms with E-state index in [-0.39, 0.29) is 5.60 Å². The summed E-state index contributed by atoms with van der Waals surface area (Å²) in [5.41, 5.74) is 1.61. The van der Waals surface area contributed by atoms with Crippen LogP contribution < -0.4 is 0 Å². The summed E-state index contributed by atoms with van der Waals surface area (Å²) in [5.74, 6) is 1.20. The minimum Gasteiger partial charge on any atom is -0.377 e. The molecule has 0 aliphatic rings. The first kappa shape index (κ1) is 13.7.